The van der Waals surface area contributed by atoms with Gasteiger partial charge in [-0.15, -0.1) is 0 Å². The number of carbonyl (C=O) groups is 2. The first-order valence-corrected chi connectivity index (χ1v) is 12.4. The minimum atomic E-state index is -4.29. The van der Waals surface area contributed by atoms with Gasteiger partial charge in [0.1, 0.15) is 16.0 Å². The molecule has 0 aliphatic carbocycles. The van der Waals surface area contributed by atoms with E-state index in [4.69, 9.17) is 27.9 Å². The quantitative estimate of drug-likeness (QED) is 0.540. The molecule has 1 aliphatic rings. The number of halogens is 3. The Hall–Kier alpha value is -1.07. The van der Waals surface area contributed by atoms with Crippen LogP contribution in [0.2, 0.25) is 10.0 Å². The van der Waals surface area contributed by atoms with Gasteiger partial charge in [-0.05, 0) is 45.7 Å². The van der Waals surface area contributed by atoms with Gasteiger partial charge in [0.15, 0.2) is 0 Å². The first-order chi connectivity index (χ1) is 13.7. The van der Waals surface area contributed by atoms with Crippen LogP contribution >= 0.6 is 39.1 Å². The molecule has 1 aliphatic heterocycles. The lowest BCUT2D eigenvalue weighted by Crippen LogP contribution is -2.60. The van der Waals surface area contributed by atoms with Crippen molar-refractivity contribution < 1.29 is 27.9 Å². The van der Waals surface area contributed by atoms with Gasteiger partial charge in [0.2, 0.25) is 10.0 Å². The molecular formula is C18H23BrCl2N2O6S. The number of carboxylic acids is 1. The molecule has 8 nitrogen and oxygen atoms in total. The number of ether oxygens (including phenoxy) is 1. The number of hydrogen-bond acceptors (Lipinski definition) is 5. The van der Waals surface area contributed by atoms with Gasteiger partial charge in [-0.1, -0.05) is 39.1 Å². The predicted molar refractivity (Wildman–Crippen MR) is 117 cm³/mol. The number of carbonyl (C=O) groups excluding carboxylic acids is 1. The first kappa shape index (κ1) is 25.2. The zero-order chi connectivity index (χ0) is 22.9. The Balaban J connectivity index is 2.27. The summed E-state index contributed by atoms with van der Waals surface area (Å²) in [7, 11) is -4.29. The van der Waals surface area contributed by atoms with Crippen LogP contribution in [-0.4, -0.2) is 54.7 Å². The van der Waals surface area contributed by atoms with E-state index in [-0.39, 0.29) is 46.2 Å². The molecule has 1 aromatic carbocycles. The van der Waals surface area contributed by atoms with Gasteiger partial charge in [0.05, 0.1) is 5.02 Å². The number of amides is 1. The van der Waals surface area contributed by atoms with Gasteiger partial charge in [-0.2, -0.15) is 4.72 Å². The molecule has 0 saturated carbocycles. The largest absolute Gasteiger partial charge is 0.480 e. The van der Waals surface area contributed by atoms with Gasteiger partial charge in [0, 0.05) is 29.0 Å². The highest BCUT2D eigenvalue weighted by Crippen LogP contribution is 2.34. The third-order valence-corrected chi connectivity index (χ3v) is 7.62. The third-order valence-electron chi connectivity index (χ3n) is 4.58. The molecule has 0 aromatic heterocycles. The van der Waals surface area contributed by atoms with E-state index in [0.29, 0.717) is 5.56 Å². The van der Waals surface area contributed by atoms with Crippen LogP contribution in [0.25, 0.3) is 0 Å². The molecule has 0 atom stereocenters. The number of alkyl halides is 1. The normalized spacial score (nSPS) is 16.9. The SMILES string of the molecule is CC(C)(C)OC(=O)N1CCC(NS(=O)(=O)c2ccc(Cl)c(CBr)c2Cl)(C(=O)O)CC1. The number of likely N-dealkylation sites (tertiary alicyclic amines) is 1. The van der Waals surface area contributed by atoms with E-state index in [1.807, 2.05) is 0 Å². The van der Waals surface area contributed by atoms with E-state index in [2.05, 4.69) is 20.7 Å². The molecule has 1 aromatic rings. The molecule has 2 rings (SSSR count). The highest BCUT2D eigenvalue weighted by atomic mass is 79.9. The van der Waals surface area contributed by atoms with Gasteiger partial charge in [-0.25, -0.2) is 13.2 Å². The minimum absolute atomic E-state index is 0.0186. The molecule has 0 unspecified atom stereocenters. The van der Waals surface area contributed by atoms with Crippen molar-refractivity contribution in [1.82, 2.24) is 9.62 Å². The number of hydrogen-bond donors (Lipinski definition) is 2. The number of rotatable bonds is 5. The number of nitrogens with one attached hydrogen (secondary N) is 1. The number of sulfonamides is 1. The summed E-state index contributed by atoms with van der Waals surface area (Å²) in [6.45, 7) is 5.21. The number of nitrogens with zero attached hydrogens (tertiary/aromatic N) is 1. The van der Waals surface area contributed by atoms with Crippen LogP contribution in [0.15, 0.2) is 17.0 Å². The van der Waals surface area contributed by atoms with Crippen molar-refractivity contribution in [3.05, 3.63) is 27.7 Å². The van der Waals surface area contributed by atoms with Crippen molar-refractivity contribution in [2.24, 2.45) is 0 Å². The number of aliphatic carboxylic acids is 1. The average Bonchev–Trinajstić information content (AvgIpc) is 2.60. The molecule has 1 saturated heterocycles. The fourth-order valence-corrected chi connectivity index (χ4v) is 6.21. The van der Waals surface area contributed by atoms with Crippen LogP contribution in [0, 0.1) is 0 Å². The van der Waals surface area contributed by atoms with Crippen molar-refractivity contribution in [1.29, 1.82) is 0 Å². The molecular weight excluding hydrogens is 523 g/mol. The van der Waals surface area contributed by atoms with E-state index < -0.39 is 33.2 Å². The second-order valence-corrected chi connectivity index (χ2v) is 10.9. The maximum atomic E-state index is 13.0. The summed E-state index contributed by atoms with van der Waals surface area (Å²) in [6, 6.07) is 2.61. The van der Waals surface area contributed by atoms with Crippen LogP contribution in [0.5, 0.6) is 0 Å². The topological polar surface area (TPSA) is 113 Å². The molecule has 1 heterocycles. The number of carboxylic acid groups (broad SMARTS) is 1. The van der Waals surface area contributed by atoms with E-state index >= 15 is 0 Å². The van der Waals surface area contributed by atoms with E-state index in [0.717, 1.165) is 0 Å². The molecule has 0 spiro atoms. The lowest BCUT2D eigenvalue weighted by atomic mass is 9.89. The standard InChI is InChI=1S/C18H23BrCl2N2O6S/c1-17(2,3)29-16(26)23-8-6-18(7-9-23,15(24)25)22-30(27,28)13-5-4-12(20)11(10-19)14(13)21/h4-5,22H,6-10H2,1-3H3,(H,24,25). The number of piperidine rings is 1. The van der Waals surface area contributed by atoms with Crippen LogP contribution < -0.4 is 4.72 Å². The maximum absolute atomic E-state index is 13.0. The smallest absolute Gasteiger partial charge is 0.410 e. The zero-order valence-corrected chi connectivity index (χ0v) is 20.6. The van der Waals surface area contributed by atoms with E-state index in [1.165, 1.54) is 17.0 Å². The molecule has 168 valence electrons. The number of benzene rings is 1. The summed E-state index contributed by atoms with van der Waals surface area (Å²) in [5.41, 5.74) is -2.10. The molecule has 30 heavy (non-hydrogen) atoms. The van der Waals surface area contributed by atoms with Crippen LogP contribution in [0.3, 0.4) is 0 Å². The van der Waals surface area contributed by atoms with Gasteiger partial charge >= 0.3 is 12.1 Å². The van der Waals surface area contributed by atoms with Crippen molar-refractivity contribution in [2.75, 3.05) is 13.1 Å². The second-order valence-electron chi connectivity index (χ2n) is 7.93. The van der Waals surface area contributed by atoms with Crippen molar-refractivity contribution in [3.8, 4) is 0 Å². The van der Waals surface area contributed by atoms with Crippen molar-refractivity contribution >= 4 is 61.2 Å². The first-order valence-electron chi connectivity index (χ1n) is 9.00. The molecule has 0 radical (unpaired) electrons. The maximum Gasteiger partial charge on any atom is 0.410 e. The average molecular weight is 546 g/mol. The summed E-state index contributed by atoms with van der Waals surface area (Å²) in [5, 5.41) is 10.2. The monoisotopic (exact) mass is 544 g/mol. The Morgan fingerprint density at radius 3 is 2.30 bits per heavy atom. The lowest BCUT2D eigenvalue weighted by Gasteiger charge is -2.39. The van der Waals surface area contributed by atoms with Gasteiger partial charge < -0.3 is 14.7 Å². The molecule has 0 bridgehead atoms. The highest BCUT2D eigenvalue weighted by Gasteiger charge is 2.46. The summed E-state index contributed by atoms with van der Waals surface area (Å²) < 4.78 is 33.6. The minimum Gasteiger partial charge on any atom is -0.480 e. The summed E-state index contributed by atoms with van der Waals surface area (Å²) >= 11 is 15.5. The van der Waals surface area contributed by atoms with Crippen LogP contribution in [0.1, 0.15) is 39.2 Å². The van der Waals surface area contributed by atoms with Gasteiger partial charge in [-0.3, -0.25) is 4.79 Å². The molecule has 1 amide bonds. The Kier molecular flexibility index (Phi) is 7.72. The third kappa shape index (κ3) is 5.59. The van der Waals surface area contributed by atoms with Crippen molar-refractivity contribution in [2.45, 2.75) is 55.0 Å². The molecule has 2 N–H and O–H groups in total. The molecule has 1 fully saturated rings. The van der Waals surface area contributed by atoms with E-state index in [9.17, 15) is 23.1 Å². The van der Waals surface area contributed by atoms with Crippen molar-refractivity contribution in [3.63, 3.8) is 0 Å². The zero-order valence-electron chi connectivity index (χ0n) is 16.7. The molecule has 12 heteroatoms. The van der Waals surface area contributed by atoms with Crippen LogP contribution in [0.4, 0.5) is 4.79 Å². The summed E-state index contributed by atoms with van der Waals surface area (Å²) in [4.78, 5) is 25.4. The lowest BCUT2D eigenvalue weighted by molar-refractivity contribution is -0.146. The highest BCUT2D eigenvalue weighted by molar-refractivity contribution is 9.08. The summed E-state index contributed by atoms with van der Waals surface area (Å²) in [6.07, 6.45) is -0.832. The Bertz CT molecular complexity index is 941. The predicted octanol–water partition coefficient (Wildman–Crippen LogP) is 4.02. The Morgan fingerprint density at radius 1 is 1.27 bits per heavy atom. The van der Waals surface area contributed by atoms with Crippen LogP contribution in [-0.2, 0) is 24.9 Å². The fraction of sp³-hybridized carbons (Fsp3) is 0.556. The summed E-state index contributed by atoms with van der Waals surface area (Å²) in [5.74, 6) is -1.33. The Morgan fingerprint density at radius 2 is 1.83 bits per heavy atom. The second kappa shape index (κ2) is 9.20. The Labute approximate surface area is 194 Å². The fourth-order valence-electron chi connectivity index (χ4n) is 2.98. The van der Waals surface area contributed by atoms with E-state index in [1.54, 1.807) is 20.8 Å². The van der Waals surface area contributed by atoms with Gasteiger partial charge in [0.25, 0.3) is 0 Å².